The minimum absolute atomic E-state index is 1.14. The second-order valence-electron chi connectivity index (χ2n) is 10.6. The third-order valence-electron chi connectivity index (χ3n) is 16.5. The molecule has 76 valence electrons. The van der Waals surface area contributed by atoms with Gasteiger partial charge in [0.15, 0.2) is 0 Å². The van der Waals surface area contributed by atoms with E-state index in [4.69, 9.17) is 0 Å². The third kappa shape index (κ3) is 0.0313. The van der Waals surface area contributed by atoms with E-state index >= 15 is 0 Å². The summed E-state index contributed by atoms with van der Waals surface area (Å²) in [4.78, 5) is 12.2. The van der Waals surface area contributed by atoms with Crippen LogP contribution < -0.4 is 0 Å². The van der Waals surface area contributed by atoms with Crippen LogP contribution in [0, 0.1) is 0 Å². The van der Waals surface area contributed by atoms with Gasteiger partial charge in [-0.25, -0.2) is 0 Å². The molecule has 0 nitrogen and oxygen atoms in total. The Balaban J connectivity index is 2.02. The molecule has 0 aromatic heterocycles. The quantitative estimate of drug-likeness (QED) is 0.577. The van der Waals surface area contributed by atoms with E-state index in [0.717, 1.165) is 4.31 Å². The van der Waals surface area contributed by atoms with Crippen LogP contribution in [0.1, 0.15) is 20.3 Å². The van der Waals surface area contributed by atoms with Crippen molar-refractivity contribution in [3.63, 3.8) is 0 Å². The van der Waals surface area contributed by atoms with Crippen molar-refractivity contribution < 1.29 is 6.51 Å². The molecule has 10 aliphatic rings. The summed E-state index contributed by atoms with van der Waals surface area (Å²) < 4.78 is 2.31. The van der Waals surface area contributed by atoms with Crippen LogP contribution in [0.15, 0.2) is 0 Å². The van der Waals surface area contributed by atoms with Gasteiger partial charge in [-0.15, -0.1) is 0 Å². The van der Waals surface area contributed by atoms with Crippen molar-refractivity contribution in [2.24, 2.45) is 0 Å². The summed E-state index contributed by atoms with van der Waals surface area (Å²) in [5.41, 5.74) is 0. The van der Waals surface area contributed by atoms with Crippen molar-refractivity contribution in [1.29, 1.82) is 0 Å². The van der Waals surface area contributed by atoms with E-state index in [0.29, 0.717) is 0 Å². The molecule has 0 aromatic carbocycles. The monoisotopic (exact) mass is 228 g/mol. The zero-order valence-corrected chi connectivity index (χ0v) is 9.78. The van der Waals surface area contributed by atoms with Gasteiger partial charge in [0.1, 0.15) is 0 Å². The summed E-state index contributed by atoms with van der Waals surface area (Å²) in [7, 11) is 0. The molecule has 5 atom stereocenters. The van der Waals surface area contributed by atoms with Crippen LogP contribution in [-0.2, 0) is 6.51 Å². The first-order valence-corrected chi connectivity index (χ1v) is 12.9. The Morgan fingerprint density at radius 3 is 1.57 bits per heavy atom. The Morgan fingerprint density at radius 2 is 1.50 bits per heavy atom. The molecule has 10 saturated heterocycles. The minimum atomic E-state index is -2.67. The van der Waals surface area contributed by atoms with Crippen LogP contribution in [0.5, 0.6) is 0 Å². The number of hydrogen-bond acceptors (Lipinski definition) is 0. The van der Waals surface area contributed by atoms with Crippen molar-refractivity contribution in [3.8, 4) is 0 Å². The fourth-order valence-electron chi connectivity index (χ4n) is 19.2. The van der Waals surface area contributed by atoms with Gasteiger partial charge in [0.2, 0.25) is 0 Å². The van der Waals surface area contributed by atoms with E-state index in [1.165, 1.54) is 42.8 Å². The van der Waals surface area contributed by atoms with Crippen molar-refractivity contribution in [3.05, 3.63) is 0 Å². The first-order valence-electron chi connectivity index (χ1n) is 6.71. The zero-order valence-electron chi connectivity index (χ0n) is 8.68. The first-order chi connectivity index (χ1) is 6.50. The second-order valence-corrected chi connectivity index (χ2v) is 34.2. The third-order valence-corrected chi connectivity index (χ3v) is 61.5. The van der Waals surface area contributed by atoms with Gasteiger partial charge in [0.05, 0.1) is 0 Å². The molecule has 10 heterocycles. The number of rotatable bonds is 1. The SMILES string of the molecule is CC[C]12[CH]3[CH]4[CH]5[C]1(C)[Fe]45321678[CH]2[CH]1[CH]6[CH]7[CH]28. The summed E-state index contributed by atoms with van der Waals surface area (Å²) >= 11 is 0. The van der Waals surface area contributed by atoms with Gasteiger partial charge in [-0.2, -0.15) is 0 Å². The van der Waals surface area contributed by atoms with E-state index in [-0.39, 0.29) is 0 Å². The van der Waals surface area contributed by atoms with Crippen LogP contribution in [0.2, 0.25) is 47.2 Å². The molecular formula is C13H16Fe. The molecule has 0 aliphatic carbocycles. The van der Waals surface area contributed by atoms with Crippen molar-refractivity contribution in [2.45, 2.75) is 67.4 Å². The van der Waals surface area contributed by atoms with E-state index in [2.05, 4.69) is 13.8 Å². The maximum absolute atomic E-state index is 2.86. The summed E-state index contributed by atoms with van der Waals surface area (Å²) in [6.07, 6.45) is 1.66. The fraction of sp³-hybridized carbons (Fsp3) is 1.00. The van der Waals surface area contributed by atoms with Crippen LogP contribution in [0.4, 0.5) is 0 Å². The molecule has 1 heteroatoms. The van der Waals surface area contributed by atoms with Crippen LogP contribution >= 0.6 is 0 Å². The average Bonchev–Trinajstić information content (AvgIpc) is 3.11. The Morgan fingerprint density at radius 1 is 0.929 bits per heavy atom. The second kappa shape index (κ2) is 0.311. The van der Waals surface area contributed by atoms with Crippen LogP contribution in [0.25, 0.3) is 0 Å². The average molecular weight is 228 g/mol. The summed E-state index contributed by atoms with van der Waals surface area (Å²) in [5, 5.41) is 0. The van der Waals surface area contributed by atoms with Crippen molar-refractivity contribution in [1.82, 2.24) is 0 Å². The van der Waals surface area contributed by atoms with E-state index in [1.807, 2.05) is 0 Å². The Hall–Kier alpha value is 0.519. The van der Waals surface area contributed by atoms with Gasteiger partial charge < -0.3 is 0 Å². The van der Waals surface area contributed by atoms with Gasteiger partial charge in [-0.05, 0) is 0 Å². The molecule has 5 unspecified atom stereocenters. The number of fused-ring (bicyclic) bond motifs is 10. The summed E-state index contributed by atoms with van der Waals surface area (Å²) in [6.45, 7) is 2.78. The molecular weight excluding hydrogens is 212 g/mol. The van der Waals surface area contributed by atoms with E-state index in [1.54, 1.807) is 6.42 Å². The van der Waals surface area contributed by atoms with Crippen LogP contribution in [0.3, 0.4) is 0 Å². The van der Waals surface area contributed by atoms with E-state index in [9.17, 15) is 0 Å². The molecule has 10 fully saturated rings. The van der Waals surface area contributed by atoms with Crippen molar-refractivity contribution in [2.75, 3.05) is 0 Å². The fourth-order valence-corrected chi connectivity index (χ4v) is 98.1. The molecule has 10 rings (SSSR count). The predicted octanol–water partition coefficient (Wildman–Crippen LogP) is 4.55. The predicted molar refractivity (Wildman–Crippen MR) is 51.4 cm³/mol. The Labute approximate surface area is 74.1 Å². The standard InChI is InChI=1S/C8H11.C5H5.Fe/c1-3-8-6-4-5-7(8)2;1-2-4-5-3-1;/h4-6H,3H2,1-2H3;1-5H;. The van der Waals surface area contributed by atoms with Crippen LogP contribution in [-0.4, -0.2) is 0 Å². The Kier molecular flexibility index (Phi) is 0.107. The molecule has 0 radical (unpaired) electrons. The molecule has 1 spiro atoms. The first kappa shape index (κ1) is 4.80. The van der Waals surface area contributed by atoms with Gasteiger partial charge in [0, 0.05) is 0 Å². The summed E-state index contributed by atoms with van der Waals surface area (Å²) in [6, 6.07) is 0. The molecule has 0 bridgehead atoms. The van der Waals surface area contributed by atoms with Gasteiger partial charge >= 0.3 is 73.9 Å². The molecule has 0 amide bonds. The molecule has 10 aliphatic heterocycles. The molecule has 14 heavy (non-hydrogen) atoms. The summed E-state index contributed by atoms with van der Waals surface area (Å²) in [5.74, 6) is 0. The topological polar surface area (TPSA) is 0 Å². The number of hydrogen-bond donors (Lipinski definition) is 0. The van der Waals surface area contributed by atoms with E-state index < -0.39 is 6.51 Å². The molecule has 0 aromatic rings. The zero-order chi connectivity index (χ0) is 8.64. The Bertz CT molecular complexity index is 882. The van der Waals surface area contributed by atoms with Gasteiger partial charge in [-0.3, -0.25) is 0 Å². The molecule has 0 saturated carbocycles. The van der Waals surface area contributed by atoms with Gasteiger partial charge in [-0.1, -0.05) is 0 Å². The molecule has 0 N–H and O–H groups in total. The normalized spacial score (nSPS) is 148. The van der Waals surface area contributed by atoms with Crippen molar-refractivity contribution >= 4 is 0 Å². The van der Waals surface area contributed by atoms with Gasteiger partial charge in [0.25, 0.3) is 0 Å². The maximum atomic E-state index is 2.86.